The van der Waals surface area contributed by atoms with Gasteiger partial charge in [0.1, 0.15) is 17.1 Å². The van der Waals surface area contributed by atoms with E-state index in [4.69, 9.17) is 13.9 Å². The molecule has 0 spiro atoms. The fourth-order valence-corrected chi connectivity index (χ4v) is 4.15. The Balaban J connectivity index is 1.72. The Kier molecular flexibility index (Phi) is 6.28. The Morgan fingerprint density at radius 1 is 1.25 bits per heavy atom. The van der Waals surface area contributed by atoms with Crippen molar-refractivity contribution in [3.05, 3.63) is 65.4 Å². The van der Waals surface area contributed by atoms with Gasteiger partial charge in [-0.05, 0) is 50.1 Å². The molecular weight excluding hydrogens is 424 g/mol. The second-order valence-corrected chi connectivity index (χ2v) is 8.12. The predicted molar refractivity (Wildman–Crippen MR) is 129 cm³/mol. The van der Waals surface area contributed by atoms with Gasteiger partial charge in [-0.1, -0.05) is 12.1 Å². The number of carbonyl (C=O) groups excluding carboxylic acids is 1. The molecule has 4 aromatic rings. The van der Waals surface area contributed by atoms with Gasteiger partial charge >= 0.3 is 0 Å². The van der Waals surface area contributed by atoms with Gasteiger partial charge in [0.15, 0.2) is 5.13 Å². The van der Waals surface area contributed by atoms with E-state index in [9.17, 15) is 4.79 Å². The highest BCUT2D eigenvalue weighted by molar-refractivity contribution is 7.13. The Labute approximate surface area is 190 Å². The Hall–Kier alpha value is -3.58. The van der Waals surface area contributed by atoms with E-state index < -0.39 is 0 Å². The number of aryl methyl sites for hydroxylation is 1. The molecule has 0 saturated carbocycles. The Morgan fingerprint density at radius 3 is 2.69 bits per heavy atom. The van der Waals surface area contributed by atoms with E-state index in [0.717, 1.165) is 44.7 Å². The molecule has 0 aliphatic carbocycles. The third-order valence-electron chi connectivity index (χ3n) is 5.00. The monoisotopic (exact) mass is 448 g/mol. The van der Waals surface area contributed by atoms with Gasteiger partial charge in [0.25, 0.3) is 0 Å². The summed E-state index contributed by atoms with van der Waals surface area (Å²) >= 11 is 1.40. The molecule has 0 unspecified atom stereocenters. The number of anilines is 1. The van der Waals surface area contributed by atoms with Gasteiger partial charge in [-0.25, -0.2) is 4.98 Å². The molecule has 1 amide bonds. The van der Waals surface area contributed by atoms with E-state index in [1.54, 1.807) is 19.4 Å². The zero-order chi connectivity index (χ0) is 22.7. The first-order chi connectivity index (χ1) is 15.5. The van der Waals surface area contributed by atoms with Gasteiger partial charge in [0.05, 0.1) is 25.7 Å². The minimum atomic E-state index is -0.234. The van der Waals surface area contributed by atoms with E-state index >= 15 is 0 Å². The maximum absolute atomic E-state index is 12.5. The summed E-state index contributed by atoms with van der Waals surface area (Å²) in [7, 11) is 1.64. The number of carbonyl (C=O) groups is 1. The number of furan rings is 1. The molecule has 2 aromatic heterocycles. The number of amides is 1. The lowest BCUT2D eigenvalue weighted by Crippen LogP contribution is -2.08. The molecule has 164 valence electrons. The van der Waals surface area contributed by atoms with Crippen molar-refractivity contribution in [3.63, 3.8) is 0 Å². The number of hydrogen-bond acceptors (Lipinski definition) is 6. The normalized spacial score (nSPS) is 11.6. The molecule has 7 heteroatoms. The largest absolute Gasteiger partial charge is 0.497 e. The van der Waals surface area contributed by atoms with E-state index in [0.29, 0.717) is 17.5 Å². The van der Waals surface area contributed by atoms with E-state index in [1.807, 2.05) is 62.5 Å². The second-order valence-electron chi connectivity index (χ2n) is 7.27. The lowest BCUT2D eigenvalue weighted by atomic mass is 9.99. The Bertz CT molecular complexity index is 1290. The van der Waals surface area contributed by atoms with Gasteiger partial charge in [-0.3, -0.25) is 10.1 Å². The van der Waals surface area contributed by atoms with Crippen molar-refractivity contribution in [2.75, 3.05) is 19.0 Å². The van der Waals surface area contributed by atoms with E-state index in [1.165, 1.54) is 11.3 Å². The molecule has 0 fully saturated rings. The smallest absolute Gasteiger partial charge is 0.250 e. The number of rotatable bonds is 7. The topological polar surface area (TPSA) is 73.6 Å². The number of nitrogens with one attached hydrogen (secondary N) is 1. The van der Waals surface area contributed by atoms with Gasteiger partial charge < -0.3 is 13.9 Å². The average molecular weight is 449 g/mol. The van der Waals surface area contributed by atoms with Crippen molar-refractivity contribution >= 4 is 38.9 Å². The summed E-state index contributed by atoms with van der Waals surface area (Å²) in [5.41, 5.74) is 5.18. The number of nitrogens with zero attached hydrogens (tertiary/aromatic N) is 1. The summed E-state index contributed by atoms with van der Waals surface area (Å²) in [5.74, 6) is 1.23. The number of aromatic nitrogens is 1. The standard InChI is InChI=1S/C25H24N2O4S/c1-5-30-22-12-23-20(21(13-31-23)17-6-8-18(29-4)9-7-17)11-19(22)15(2)10-24(28)27-25-26-16(3)14-32-25/h6-14H,5H2,1-4H3,(H,26,27,28)/b15-10+. The molecule has 2 heterocycles. The van der Waals surface area contributed by atoms with Crippen LogP contribution in [0, 0.1) is 6.92 Å². The SMILES string of the molecule is CCOc1cc2occ(-c3ccc(OC)cc3)c2cc1/C(C)=C/C(=O)Nc1nc(C)cs1. The molecule has 4 rings (SSSR count). The summed E-state index contributed by atoms with van der Waals surface area (Å²) in [6.45, 7) is 6.21. The minimum Gasteiger partial charge on any atom is -0.497 e. The number of methoxy groups -OCH3 is 1. The molecule has 1 N–H and O–H groups in total. The fourth-order valence-electron chi connectivity index (χ4n) is 3.46. The van der Waals surface area contributed by atoms with Crippen LogP contribution in [0.4, 0.5) is 5.13 Å². The lowest BCUT2D eigenvalue weighted by molar-refractivity contribution is -0.111. The highest BCUT2D eigenvalue weighted by Crippen LogP contribution is 2.38. The summed E-state index contributed by atoms with van der Waals surface area (Å²) in [6.07, 6.45) is 3.30. The average Bonchev–Trinajstić information content (AvgIpc) is 3.38. The Morgan fingerprint density at radius 2 is 2.03 bits per heavy atom. The molecule has 32 heavy (non-hydrogen) atoms. The van der Waals surface area contributed by atoms with Crippen LogP contribution in [0.15, 0.2) is 58.5 Å². The minimum absolute atomic E-state index is 0.234. The van der Waals surface area contributed by atoms with Crippen molar-refractivity contribution < 1.29 is 18.7 Å². The first-order valence-corrected chi connectivity index (χ1v) is 11.1. The molecule has 0 aliphatic rings. The quantitative estimate of drug-likeness (QED) is 0.335. The predicted octanol–water partition coefficient (Wildman–Crippen LogP) is 6.31. The highest BCUT2D eigenvalue weighted by Gasteiger charge is 2.15. The summed E-state index contributed by atoms with van der Waals surface area (Å²) < 4.78 is 16.9. The van der Waals surface area contributed by atoms with Crippen molar-refractivity contribution in [2.24, 2.45) is 0 Å². The zero-order valence-electron chi connectivity index (χ0n) is 18.4. The van der Waals surface area contributed by atoms with Gasteiger partial charge in [-0.15, -0.1) is 11.3 Å². The molecule has 0 bridgehead atoms. The van der Waals surface area contributed by atoms with Crippen LogP contribution < -0.4 is 14.8 Å². The third-order valence-corrected chi connectivity index (χ3v) is 5.87. The fraction of sp³-hybridized carbons (Fsp3) is 0.200. The van der Waals surface area contributed by atoms with Gasteiger partial charge in [0, 0.05) is 34.0 Å². The first kappa shape index (κ1) is 21.6. The van der Waals surface area contributed by atoms with Crippen molar-refractivity contribution in [3.8, 4) is 22.6 Å². The maximum Gasteiger partial charge on any atom is 0.250 e. The van der Waals surface area contributed by atoms with Gasteiger partial charge in [-0.2, -0.15) is 0 Å². The van der Waals surface area contributed by atoms with Crippen LogP contribution in [0.2, 0.25) is 0 Å². The van der Waals surface area contributed by atoms with Crippen LogP contribution in [0.5, 0.6) is 11.5 Å². The van der Waals surface area contributed by atoms with Crippen LogP contribution in [-0.2, 0) is 4.79 Å². The van der Waals surface area contributed by atoms with Crippen molar-refractivity contribution in [1.29, 1.82) is 0 Å². The van der Waals surface area contributed by atoms with Crippen LogP contribution in [0.3, 0.4) is 0 Å². The number of allylic oxidation sites excluding steroid dienone is 1. The molecule has 0 saturated heterocycles. The number of fused-ring (bicyclic) bond motifs is 1. The van der Waals surface area contributed by atoms with Crippen molar-refractivity contribution in [1.82, 2.24) is 4.98 Å². The number of ether oxygens (including phenoxy) is 2. The second kappa shape index (κ2) is 9.28. The third kappa shape index (κ3) is 4.53. The number of hydrogen-bond donors (Lipinski definition) is 1. The van der Waals surface area contributed by atoms with Crippen LogP contribution in [0.1, 0.15) is 25.1 Å². The lowest BCUT2D eigenvalue weighted by Gasteiger charge is -2.11. The van der Waals surface area contributed by atoms with Crippen LogP contribution >= 0.6 is 11.3 Å². The molecular formula is C25H24N2O4S. The van der Waals surface area contributed by atoms with Gasteiger partial charge in [0.2, 0.25) is 5.91 Å². The van der Waals surface area contributed by atoms with E-state index in [-0.39, 0.29) is 5.91 Å². The van der Waals surface area contributed by atoms with Crippen molar-refractivity contribution in [2.45, 2.75) is 20.8 Å². The highest BCUT2D eigenvalue weighted by atomic mass is 32.1. The van der Waals surface area contributed by atoms with E-state index in [2.05, 4.69) is 10.3 Å². The molecule has 0 aliphatic heterocycles. The maximum atomic E-state index is 12.5. The zero-order valence-corrected chi connectivity index (χ0v) is 19.2. The molecule has 6 nitrogen and oxygen atoms in total. The first-order valence-electron chi connectivity index (χ1n) is 10.2. The summed E-state index contributed by atoms with van der Waals surface area (Å²) in [4.78, 5) is 16.8. The molecule has 0 atom stereocenters. The summed E-state index contributed by atoms with van der Waals surface area (Å²) in [6, 6.07) is 11.7. The molecule has 2 aromatic carbocycles. The number of benzene rings is 2. The number of thiazole rings is 1. The van der Waals surface area contributed by atoms with Crippen LogP contribution in [-0.4, -0.2) is 24.6 Å². The molecule has 0 radical (unpaired) electrons. The summed E-state index contributed by atoms with van der Waals surface area (Å²) in [5, 5.41) is 6.23. The van der Waals surface area contributed by atoms with Crippen LogP contribution in [0.25, 0.3) is 27.7 Å².